The predicted octanol–water partition coefficient (Wildman–Crippen LogP) is 3.99. The van der Waals surface area contributed by atoms with Gasteiger partial charge in [-0.2, -0.15) is 5.10 Å². The smallest absolute Gasteiger partial charge is 0.342 e. The van der Waals surface area contributed by atoms with Crippen LogP contribution >= 0.6 is 0 Å². The molecule has 2 aromatic carbocycles. The summed E-state index contributed by atoms with van der Waals surface area (Å²) in [7, 11) is 0. The van der Waals surface area contributed by atoms with E-state index < -0.39 is 12.1 Å². The van der Waals surface area contributed by atoms with Gasteiger partial charge in [0.15, 0.2) is 6.10 Å². The van der Waals surface area contributed by atoms with Crippen LogP contribution in [0.2, 0.25) is 0 Å². The van der Waals surface area contributed by atoms with E-state index in [2.05, 4.69) is 29.4 Å². The Morgan fingerprint density at radius 2 is 1.77 bits per heavy atom. The van der Waals surface area contributed by atoms with Gasteiger partial charge in [-0.05, 0) is 51.3 Å². The van der Waals surface area contributed by atoms with E-state index in [1.54, 1.807) is 23.4 Å². The number of anilines is 1. The van der Waals surface area contributed by atoms with Crippen LogP contribution in [0.25, 0.3) is 0 Å². The van der Waals surface area contributed by atoms with Crippen molar-refractivity contribution in [1.29, 1.82) is 0 Å². The Morgan fingerprint density at radius 3 is 2.52 bits per heavy atom. The Balaban J connectivity index is 1.48. The molecule has 0 radical (unpaired) electrons. The van der Waals surface area contributed by atoms with Crippen LogP contribution in [0.5, 0.6) is 0 Å². The summed E-state index contributed by atoms with van der Waals surface area (Å²) < 4.78 is 7.39. The summed E-state index contributed by atoms with van der Waals surface area (Å²) in [5, 5.41) is 4.53. The molecule has 1 aromatic heterocycles. The fraction of sp³-hybridized carbons (Fsp3) is 0.320. The highest BCUT2D eigenvalue weighted by atomic mass is 16.5. The minimum atomic E-state index is -0.877. The molecule has 0 spiro atoms. The molecule has 2 heterocycles. The predicted molar refractivity (Wildman–Crippen MR) is 119 cm³/mol. The molecular formula is C25H27N3O3. The third-order valence-corrected chi connectivity index (χ3v) is 5.82. The van der Waals surface area contributed by atoms with Gasteiger partial charge in [0.1, 0.15) is 5.56 Å². The summed E-state index contributed by atoms with van der Waals surface area (Å²) in [5.74, 6) is -0.723. The molecule has 4 rings (SSSR count). The van der Waals surface area contributed by atoms with E-state index in [1.807, 2.05) is 38.1 Å². The van der Waals surface area contributed by atoms with E-state index in [0.29, 0.717) is 24.3 Å². The van der Waals surface area contributed by atoms with Crippen molar-refractivity contribution in [3.63, 3.8) is 0 Å². The number of carbonyl (C=O) groups excluding carboxylic acids is 2. The molecule has 1 amide bonds. The van der Waals surface area contributed by atoms with Gasteiger partial charge in [0.25, 0.3) is 5.91 Å². The quantitative estimate of drug-likeness (QED) is 0.589. The highest BCUT2D eigenvalue weighted by Gasteiger charge is 2.31. The van der Waals surface area contributed by atoms with Crippen LogP contribution in [0.3, 0.4) is 0 Å². The van der Waals surface area contributed by atoms with E-state index in [1.165, 1.54) is 5.56 Å². The maximum Gasteiger partial charge on any atom is 0.342 e. The van der Waals surface area contributed by atoms with Crippen molar-refractivity contribution < 1.29 is 14.3 Å². The highest BCUT2D eigenvalue weighted by molar-refractivity contribution is 6.00. The number of ether oxygens (including phenoxy) is 1. The minimum Gasteiger partial charge on any atom is -0.449 e. The first-order chi connectivity index (χ1) is 14.8. The molecular weight excluding hydrogens is 390 g/mol. The summed E-state index contributed by atoms with van der Waals surface area (Å²) in [6, 6.07) is 16.1. The van der Waals surface area contributed by atoms with Crippen LogP contribution in [0.15, 0.2) is 48.5 Å². The highest BCUT2D eigenvalue weighted by Crippen LogP contribution is 2.28. The molecule has 0 bridgehead atoms. The Kier molecular flexibility index (Phi) is 5.63. The molecule has 0 fully saturated rings. The zero-order chi connectivity index (χ0) is 22.1. The lowest BCUT2D eigenvalue weighted by Crippen LogP contribution is -2.39. The van der Waals surface area contributed by atoms with Crippen molar-refractivity contribution in [1.82, 2.24) is 9.78 Å². The van der Waals surface area contributed by atoms with Gasteiger partial charge in [-0.3, -0.25) is 9.48 Å². The van der Waals surface area contributed by atoms with Crippen LogP contribution in [0.4, 0.5) is 5.69 Å². The molecule has 3 aromatic rings. The Labute approximate surface area is 182 Å². The molecule has 160 valence electrons. The Hall–Kier alpha value is -3.41. The number of fused-ring (bicyclic) bond motifs is 1. The van der Waals surface area contributed by atoms with Crippen LogP contribution < -0.4 is 4.90 Å². The molecule has 0 N–H and O–H groups in total. The van der Waals surface area contributed by atoms with Gasteiger partial charge in [0, 0.05) is 12.2 Å². The van der Waals surface area contributed by atoms with Gasteiger partial charge in [-0.25, -0.2) is 4.79 Å². The second-order valence-electron chi connectivity index (χ2n) is 8.11. The number of amides is 1. The van der Waals surface area contributed by atoms with Crippen LogP contribution in [-0.4, -0.2) is 34.3 Å². The zero-order valence-electron chi connectivity index (χ0n) is 18.4. The van der Waals surface area contributed by atoms with Crippen LogP contribution in [0.1, 0.15) is 45.4 Å². The number of aryl methyl sites for hydroxylation is 2. The topological polar surface area (TPSA) is 64.4 Å². The molecule has 0 saturated heterocycles. The summed E-state index contributed by atoms with van der Waals surface area (Å²) in [6.45, 7) is 8.49. The molecule has 1 aliphatic rings. The van der Waals surface area contributed by atoms with Gasteiger partial charge in [-0.1, -0.05) is 48.0 Å². The number of nitrogens with zero attached hydrogens (tertiary/aromatic N) is 3. The Morgan fingerprint density at radius 1 is 1.06 bits per heavy atom. The molecule has 0 saturated carbocycles. The molecule has 1 aliphatic heterocycles. The summed E-state index contributed by atoms with van der Waals surface area (Å²) in [5.41, 5.74) is 6.09. The van der Waals surface area contributed by atoms with Crippen molar-refractivity contribution in [2.45, 2.75) is 46.8 Å². The maximum atomic E-state index is 12.9. The van der Waals surface area contributed by atoms with Crippen LogP contribution in [0, 0.1) is 20.8 Å². The van der Waals surface area contributed by atoms with E-state index >= 15 is 0 Å². The lowest BCUT2D eigenvalue weighted by Gasteiger charge is -2.21. The molecule has 0 aliphatic carbocycles. The fourth-order valence-electron chi connectivity index (χ4n) is 4.07. The monoisotopic (exact) mass is 417 g/mol. The average Bonchev–Trinajstić information content (AvgIpc) is 3.29. The van der Waals surface area contributed by atoms with E-state index in [9.17, 15) is 9.59 Å². The van der Waals surface area contributed by atoms with E-state index in [0.717, 1.165) is 28.9 Å². The summed E-state index contributed by atoms with van der Waals surface area (Å²) in [6.07, 6.45) is -0.0649. The van der Waals surface area contributed by atoms with Gasteiger partial charge in [-0.15, -0.1) is 0 Å². The second kappa shape index (κ2) is 8.38. The first kappa shape index (κ1) is 20.8. The van der Waals surface area contributed by atoms with Crippen LogP contribution in [-0.2, 0) is 22.5 Å². The molecule has 6 heteroatoms. The van der Waals surface area contributed by atoms with Gasteiger partial charge in [0.2, 0.25) is 0 Å². The summed E-state index contributed by atoms with van der Waals surface area (Å²) in [4.78, 5) is 27.6. The lowest BCUT2D eigenvalue weighted by molar-refractivity contribution is -0.126. The SMILES string of the molecule is Cc1ccc(Cn2nc(C)c(C(=O)O[C@H](C)C(=O)N3CCc4ccccc43)c2C)cc1. The zero-order valence-corrected chi connectivity index (χ0v) is 18.4. The maximum absolute atomic E-state index is 12.9. The number of carbonyl (C=O) groups is 2. The number of hydrogen-bond donors (Lipinski definition) is 0. The Bertz CT molecular complexity index is 1130. The van der Waals surface area contributed by atoms with Crippen molar-refractivity contribution in [3.8, 4) is 0 Å². The number of benzene rings is 2. The van der Waals surface area contributed by atoms with Crippen molar-refractivity contribution in [2.75, 3.05) is 11.4 Å². The van der Waals surface area contributed by atoms with Gasteiger partial charge >= 0.3 is 5.97 Å². The first-order valence-electron chi connectivity index (χ1n) is 10.5. The molecule has 0 unspecified atom stereocenters. The van der Waals surface area contributed by atoms with Crippen molar-refractivity contribution in [2.24, 2.45) is 0 Å². The second-order valence-corrected chi connectivity index (χ2v) is 8.11. The van der Waals surface area contributed by atoms with E-state index in [-0.39, 0.29) is 5.91 Å². The van der Waals surface area contributed by atoms with Crippen molar-refractivity contribution in [3.05, 3.63) is 82.2 Å². The largest absolute Gasteiger partial charge is 0.449 e. The number of hydrogen-bond acceptors (Lipinski definition) is 4. The third kappa shape index (κ3) is 4.10. The number of para-hydroxylation sites is 1. The summed E-state index contributed by atoms with van der Waals surface area (Å²) >= 11 is 0. The standard InChI is InChI=1S/C25H27N3O3/c1-16-9-11-20(12-10-16)15-28-18(3)23(17(2)26-28)25(30)31-19(4)24(29)27-14-13-21-7-5-6-8-22(21)27/h5-12,19H,13-15H2,1-4H3/t19-/m1/s1. The minimum absolute atomic E-state index is 0.208. The van der Waals surface area contributed by atoms with Gasteiger partial charge < -0.3 is 9.64 Å². The molecule has 31 heavy (non-hydrogen) atoms. The number of esters is 1. The molecule has 1 atom stereocenters. The first-order valence-corrected chi connectivity index (χ1v) is 10.5. The third-order valence-electron chi connectivity index (χ3n) is 5.82. The van der Waals surface area contributed by atoms with Gasteiger partial charge in [0.05, 0.1) is 17.9 Å². The lowest BCUT2D eigenvalue weighted by atomic mass is 10.1. The number of aromatic nitrogens is 2. The normalized spacial score (nSPS) is 13.7. The number of rotatable bonds is 5. The fourth-order valence-corrected chi connectivity index (χ4v) is 4.07. The van der Waals surface area contributed by atoms with Crippen molar-refractivity contribution >= 4 is 17.6 Å². The average molecular weight is 418 g/mol. The molecule has 6 nitrogen and oxygen atoms in total. The van der Waals surface area contributed by atoms with E-state index in [4.69, 9.17) is 4.74 Å².